The van der Waals surface area contributed by atoms with Gasteiger partial charge in [-0.25, -0.2) is 4.89 Å². The second kappa shape index (κ2) is 8.99. The zero-order valence-electron chi connectivity index (χ0n) is 12.8. The Morgan fingerprint density at radius 3 is 2.33 bits per heavy atom. The van der Waals surface area contributed by atoms with Crippen molar-refractivity contribution < 1.29 is 34.9 Å². The van der Waals surface area contributed by atoms with Crippen LogP contribution in [0.1, 0.15) is 46.0 Å². The highest BCUT2D eigenvalue weighted by molar-refractivity contribution is 4.95. The molecule has 0 aromatic carbocycles. The Morgan fingerprint density at radius 1 is 1.05 bits per heavy atom. The molecule has 1 fully saturated rings. The predicted octanol–water partition coefficient (Wildman–Crippen LogP) is 0.0950. The summed E-state index contributed by atoms with van der Waals surface area (Å²) in [6, 6.07) is 0. The minimum atomic E-state index is -1.59. The molecule has 0 amide bonds. The third-order valence-electron chi connectivity index (χ3n) is 3.81. The number of unbranched alkanes of at least 4 members (excludes halogenated alkanes) is 3. The highest BCUT2D eigenvalue weighted by atomic mass is 17.2. The summed E-state index contributed by atoms with van der Waals surface area (Å²) >= 11 is 0. The monoisotopic (exact) mass is 308 g/mol. The van der Waals surface area contributed by atoms with E-state index >= 15 is 0 Å². The van der Waals surface area contributed by atoms with Crippen molar-refractivity contribution in [2.24, 2.45) is 0 Å². The van der Waals surface area contributed by atoms with Gasteiger partial charge in [0.2, 0.25) is 5.79 Å². The molecule has 1 heterocycles. The Kier molecular flexibility index (Phi) is 8.04. The molecular weight excluding hydrogens is 280 g/mol. The highest BCUT2D eigenvalue weighted by Crippen LogP contribution is 2.34. The molecule has 126 valence electrons. The number of rotatable bonds is 9. The van der Waals surface area contributed by atoms with Gasteiger partial charge in [0.05, 0.1) is 13.2 Å². The summed E-state index contributed by atoms with van der Waals surface area (Å²) in [6.07, 6.45) is -1.09. The van der Waals surface area contributed by atoms with Gasteiger partial charge in [0, 0.05) is 6.42 Å². The van der Waals surface area contributed by atoms with Gasteiger partial charge in [-0.1, -0.05) is 33.1 Å². The number of aliphatic hydroxyl groups excluding tert-OH is 4. The molecule has 0 aromatic heterocycles. The normalized spacial score (nSPS) is 36.9. The molecule has 7 heteroatoms. The van der Waals surface area contributed by atoms with Crippen LogP contribution < -0.4 is 0 Å². The standard InChI is InChI=1S/C14H28O7/c1-3-5-6-7-8-19-21-14(4-2)13(18)12(17)11(16)10(9-15)20-14/h10-13,15-18H,3-9H2,1-2H3/t10-,11-,12+,13-,14-/m1/s1. The Labute approximate surface area is 125 Å². The first-order valence-corrected chi connectivity index (χ1v) is 7.65. The molecule has 7 nitrogen and oxygen atoms in total. The Bertz CT molecular complexity index is 286. The number of hydrogen-bond donors (Lipinski definition) is 4. The maximum atomic E-state index is 10.1. The summed E-state index contributed by atoms with van der Waals surface area (Å²) in [5, 5.41) is 38.9. The van der Waals surface area contributed by atoms with E-state index in [1.165, 1.54) is 0 Å². The van der Waals surface area contributed by atoms with Crippen LogP contribution in [0.3, 0.4) is 0 Å². The fraction of sp³-hybridized carbons (Fsp3) is 1.00. The topological polar surface area (TPSA) is 109 Å². The summed E-state index contributed by atoms with van der Waals surface area (Å²) < 4.78 is 5.44. The van der Waals surface area contributed by atoms with E-state index in [4.69, 9.17) is 14.5 Å². The van der Waals surface area contributed by atoms with Crippen LogP contribution in [0.5, 0.6) is 0 Å². The van der Waals surface area contributed by atoms with Crippen LogP contribution in [-0.4, -0.2) is 63.8 Å². The molecule has 1 aliphatic heterocycles. The lowest BCUT2D eigenvalue weighted by atomic mass is 9.91. The quantitative estimate of drug-likeness (QED) is 0.272. The minimum Gasteiger partial charge on any atom is -0.394 e. The van der Waals surface area contributed by atoms with E-state index in [1.807, 2.05) is 0 Å². The van der Waals surface area contributed by atoms with Gasteiger partial charge in [0.15, 0.2) is 0 Å². The van der Waals surface area contributed by atoms with E-state index in [0.717, 1.165) is 25.7 Å². The van der Waals surface area contributed by atoms with Crippen LogP contribution in [0.25, 0.3) is 0 Å². The van der Waals surface area contributed by atoms with Crippen molar-refractivity contribution in [2.45, 2.75) is 76.2 Å². The Morgan fingerprint density at radius 2 is 1.76 bits per heavy atom. The molecule has 5 atom stereocenters. The van der Waals surface area contributed by atoms with Gasteiger partial charge >= 0.3 is 0 Å². The van der Waals surface area contributed by atoms with Crippen molar-refractivity contribution in [2.75, 3.05) is 13.2 Å². The Hall–Kier alpha value is -0.280. The summed E-state index contributed by atoms with van der Waals surface area (Å²) in [7, 11) is 0. The first-order valence-electron chi connectivity index (χ1n) is 7.65. The SMILES string of the molecule is CCCCCCOO[C@@]1(CC)O[C@H](CO)[C@@H](O)[C@H](O)[C@H]1O. The van der Waals surface area contributed by atoms with E-state index < -0.39 is 36.8 Å². The van der Waals surface area contributed by atoms with E-state index in [1.54, 1.807) is 6.92 Å². The Balaban J connectivity index is 2.56. The fourth-order valence-corrected chi connectivity index (χ4v) is 2.36. The van der Waals surface area contributed by atoms with Crippen LogP contribution in [0, 0.1) is 0 Å². The van der Waals surface area contributed by atoms with Crippen LogP contribution >= 0.6 is 0 Å². The maximum absolute atomic E-state index is 10.1. The van der Waals surface area contributed by atoms with Gasteiger partial charge in [-0.05, 0) is 6.42 Å². The first kappa shape index (κ1) is 18.8. The largest absolute Gasteiger partial charge is 0.394 e. The summed E-state index contributed by atoms with van der Waals surface area (Å²) in [5.74, 6) is -1.59. The number of hydrogen-bond acceptors (Lipinski definition) is 7. The lowest BCUT2D eigenvalue weighted by Gasteiger charge is -2.46. The fourth-order valence-electron chi connectivity index (χ4n) is 2.36. The average molecular weight is 308 g/mol. The van der Waals surface area contributed by atoms with E-state index in [2.05, 4.69) is 6.92 Å². The predicted molar refractivity (Wildman–Crippen MR) is 74.2 cm³/mol. The van der Waals surface area contributed by atoms with E-state index in [9.17, 15) is 20.4 Å². The van der Waals surface area contributed by atoms with E-state index in [-0.39, 0.29) is 6.42 Å². The molecule has 21 heavy (non-hydrogen) atoms. The van der Waals surface area contributed by atoms with Gasteiger partial charge in [-0.15, -0.1) is 0 Å². The zero-order valence-corrected chi connectivity index (χ0v) is 12.8. The van der Waals surface area contributed by atoms with Crippen LogP contribution in [0.2, 0.25) is 0 Å². The maximum Gasteiger partial charge on any atom is 0.230 e. The van der Waals surface area contributed by atoms with Crippen LogP contribution in [-0.2, 0) is 14.5 Å². The molecule has 0 aliphatic carbocycles. The van der Waals surface area contributed by atoms with Crippen molar-refractivity contribution in [3.05, 3.63) is 0 Å². The molecular formula is C14H28O7. The molecule has 0 unspecified atom stereocenters. The molecule has 0 aromatic rings. The molecule has 0 saturated carbocycles. The van der Waals surface area contributed by atoms with Crippen molar-refractivity contribution in [1.29, 1.82) is 0 Å². The second-order valence-electron chi connectivity index (χ2n) is 5.40. The first-order chi connectivity index (χ1) is 10.0. The van der Waals surface area contributed by atoms with Gasteiger partial charge in [-0.3, -0.25) is 0 Å². The molecule has 0 bridgehead atoms. The summed E-state index contributed by atoms with van der Waals surface area (Å²) in [5.41, 5.74) is 0. The summed E-state index contributed by atoms with van der Waals surface area (Å²) in [6.45, 7) is 3.66. The van der Waals surface area contributed by atoms with Crippen LogP contribution in [0.4, 0.5) is 0 Å². The second-order valence-corrected chi connectivity index (χ2v) is 5.40. The lowest BCUT2D eigenvalue weighted by Crippen LogP contribution is -2.65. The number of aliphatic hydroxyl groups is 4. The van der Waals surface area contributed by atoms with Crippen molar-refractivity contribution in [3.8, 4) is 0 Å². The summed E-state index contributed by atoms with van der Waals surface area (Å²) in [4.78, 5) is 10.3. The van der Waals surface area contributed by atoms with Crippen molar-refractivity contribution >= 4 is 0 Å². The highest BCUT2D eigenvalue weighted by Gasteiger charge is 2.54. The molecule has 0 radical (unpaired) electrons. The molecule has 1 aliphatic rings. The van der Waals surface area contributed by atoms with Gasteiger partial charge in [-0.2, -0.15) is 4.89 Å². The molecule has 1 rings (SSSR count). The van der Waals surface area contributed by atoms with Gasteiger partial charge < -0.3 is 25.2 Å². The van der Waals surface area contributed by atoms with Crippen LogP contribution in [0.15, 0.2) is 0 Å². The van der Waals surface area contributed by atoms with Crippen molar-refractivity contribution in [3.63, 3.8) is 0 Å². The number of ether oxygens (including phenoxy) is 1. The smallest absolute Gasteiger partial charge is 0.230 e. The van der Waals surface area contributed by atoms with Crippen molar-refractivity contribution in [1.82, 2.24) is 0 Å². The van der Waals surface area contributed by atoms with Gasteiger partial charge in [0.25, 0.3) is 0 Å². The molecule has 0 spiro atoms. The lowest BCUT2D eigenvalue weighted by molar-refractivity contribution is -0.479. The molecule has 4 N–H and O–H groups in total. The minimum absolute atomic E-state index is 0.198. The average Bonchev–Trinajstić information content (AvgIpc) is 2.51. The van der Waals surface area contributed by atoms with Gasteiger partial charge in [0.1, 0.15) is 24.4 Å². The third-order valence-corrected chi connectivity index (χ3v) is 3.81. The zero-order chi connectivity index (χ0) is 15.9. The molecule has 1 saturated heterocycles. The third kappa shape index (κ3) is 4.59. The van der Waals surface area contributed by atoms with E-state index in [0.29, 0.717) is 6.61 Å².